The minimum atomic E-state index is -0.239. The number of carbonyl (C=O) groups excluding carboxylic acids is 2. The Morgan fingerprint density at radius 2 is 1.39 bits per heavy atom. The Kier molecular flexibility index (Phi) is 4.64. The van der Waals surface area contributed by atoms with Gasteiger partial charge in [0.1, 0.15) is 5.82 Å². The first-order chi connectivity index (χ1) is 11.2. The van der Waals surface area contributed by atoms with Crippen LogP contribution in [-0.2, 0) is 4.79 Å². The molecule has 2 heterocycles. The molecule has 1 aromatic carbocycles. The lowest BCUT2D eigenvalue weighted by molar-refractivity contribution is -0.119. The molecule has 0 spiro atoms. The lowest BCUT2D eigenvalue weighted by Crippen LogP contribution is -2.56. The number of amides is 3. The SMILES string of the molecule is O=CN1CCN(C(=O)N2CCN(c3ccc(F)cc3)CC2)CC1. The van der Waals surface area contributed by atoms with Gasteiger partial charge >= 0.3 is 6.03 Å². The molecule has 2 fully saturated rings. The lowest BCUT2D eigenvalue weighted by Gasteiger charge is -2.40. The highest BCUT2D eigenvalue weighted by Crippen LogP contribution is 2.17. The van der Waals surface area contributed by atoms with Crippen LogP contribution in [0.1, 0.15) is 0 Å². The Balaban J connectivity index is 1.51. The average molecular weight is 320 g/mol. The van der Waals surface area contributed by atoms with Gasteiger partial charge in [-0.1, -0.05) is 0 Å². The molecule has 0 radical (unpaired) electrons. The lowest BCUT2D eigenvalue weighted by atomic mass is 10.2. The van der Waals surface area contributed by atoms with Crippen LogP contribution in [0.15, 0.2) is 24.3 Å². The quantitative estimate of drug-likeness (QED) is 0.759. The summed E-state index contributed by atoms with van der Waals surface area (Å²) in [7, 11) is 0. The highest BCUT2D eigenvalue weighted by molar-refractivity contribution is 5.75. The topological polar surface area (TPSA) is 47.1 Å². The molecular weight excluding hydrogens is 299 g/mol. The van der Waals surface area contributed by atoms with Gasteiger partial charge in [0.25, 0.3) is 0 Å². The molecule has 3 amide bonds. The average Bonchev–Trinajstić information content (AvgIpc) is 2.62. The molecule has 0 aromatic heterocycles. The predicted octanol–water partition coefficient (Wildman–Crippen LogP) is 0.842. The van der Waals surface area contributed by atoms with E-state index in [-0.39, 0.29) is 11.8 Å². The van der Waals surface area contributed by atoms with Gasteiger partial charge in [0.15, 0.2) is 0 Å². The van der Waals surface area contributed by atoms with Crippen molar-refractivity contribution < 1.29 is 14.0 Å². The van der Waals surface area contributed by atoms with Gasteiger partial charge < -0.3 is 19.6 Å². The molecule has 2 aliphatic rings. The first-order valence-electron chi connectivity index (χ1n) is 7.91. The molecule has 2 saturated heterocycles. The van der Waals surface area contributed by atoms with Gasteiger partial charge in [-0.05, 0) is 24.3 Å². The molecule has 0 N–H and O–H groups in total. The maximum atomic E-state index is 13.0. The van der Waals surface area contributed by atoms with Gasteiger partial charge in [-0.2, -0.15) is 0 Å². The molecule has 0 unspecified atom stereocenters. The van der Waals surface area contributed by atoms with Crippen molar-refractivity contribution in [3.8, 4) is 0 Å². The Morgan fingerprint density at radius 3 is 1.91 bits per heavy atom. The maximum absolute atomic E-state index is 13.0. The number of halogens is 1. The van der Waals surface area contributed by atoms with Crippen LogP contribution in [0.5, 0.6) is 0 Å². The summed E-state index contributed by atoms with van der Waals surface area (Å²) < 4.78 is 13.0. The molecule has 3 rings (SSSR count). The predicted molar refractivity (Wildman–Crippen MR) is 84.8 cm³/mol. The van der Waals surface area contributed by atoms with Crippen LogP contribution in [-0.4, -0.2) is 79.5 Å². The van der Waals surface area contributed by atoms with Crippen molar-refractivity contribution in [2.45, 2.75) is 0 Å². The van der Waals surface area contributed by atoms with Gasteiger partial charge in [-0.15, -0.1) is 0 Å². The minimum Gasteiger partial charge on any atom is -0.368 e. The standard InChI is InChI=1S/C16H21FN4O2/c17-14-1-3-15(4-2-14)19-9-11-21(12-10-19)16(23)20-7-5-18(13-22)6-8-20/h1-4,13H,5-12H2. The van der Waals surface area contributed by atoms with E-state index in [1.807, 2.05) is 9.80 Å². The summed E-state index contributed by atoms with van der Waals surface area (Å²) in [5.74, 6) is -0.239. The molecule has 0 saturated carbocycles. The van der Waals surface area contributed by atoms with E-state index in [0.717, 1.165) is 25.2 Å². The minimum absolute atomic E-state index is 0.0503. The van der Waals surface area contributed by atoms with E-state index >= 15 is 0 Å². The summed E-state index contributed by atoms with van der Waals surface area (Å²) in [5, 5.41) is 0. The molecule has 7 heteroatoms. The zero-order valence-corrected chi connectivity index (χ0v) is 13.0. The van der Waals surface area contributed by atoms with E-state index in [4.69, 9.17) is 0 Å². The molecule has 2 aliphatic heterocycles. The summed E-state index contributed by atoms with van der Waals surface area (Å²) in [4.78, 5) is 30.7. The van der Waals surface area contributed by atoms with Crippen LogP contribution in [0, 0.1) is 5.82 Å². The highest BCUT2D eigenvalue weighted by Gasteiger charge is 2.27. The van der Waals surface area contributed by atoms with Crippen LogP contribution in [0.2, 0.25) is 0 Å². The smallest absolute Gasteiger partial charge is 0.320 e. The number of hydrogen-bond donors (Lipinski definition) is 0. The monoisotopic (exact) mass is 320 g/mol. The number of nitrogens with zero attached hydrogens (tertiary/aromatic N) is 4. The van der Waals surface area contributed by atoms with Crippen LogP contribution in [0.4, 0.5) is 14.9 Å². The van der Waals surface area contributed by atoms with Crippen molar-refractivity contribution in [3.63, 3.8) is 0 Å². The molecule has 23 heavy (non-hydrogen) atoms. The fraction of sp³-hybridized carbons (Fsp3) is 0.500. The van der Waals surface area contributed by atoms with Gasteiger partial charge in [0, 0.05) is 58.0 Å². The normalized spacial score (nSPS) is 19.0. The molecule has 1 aromatic rings. The van der Waals surface area contributed by atoms with E-state index in [2.05, 4.69) is 4.90 Å². The molecule has 0 aliphatic carbocycles. The van der Waals surface area contributed by atoms with Crippen LogP contribution < -0.4 is 4.90 Å². The van der Waals surface area contributed by atoms with Crippen LogP contribution in [0.3, 0.4) is 0 Å². The summed E-state index contributed by atoms with van der Waals surface area (Å²) in [5.41, 5.74) is 0.984. The molecule has 6 nitrogen and oxygen atoms in total. The molecule has 0 bridgehead atoms. The number of rotatable bonds is 2. The van der Waals surface area contributed by atoms with E-state index in [1.165, 1.54) is 12.1 Å². The van der Waals surface area contributed by atoms with Gasteiger partial charge in [0.05, 0.1) is 0 Å². The number of anilines is 1. The third-order valence-electron chi connectivity index (χ3n) is 4.48. The van der Waals surface area contributed by atoms with Crippen molar-refractivity contribution in [3.05, 3.63) is 30.1 Å². The molecular formula is C16H21FN4O2. The summed E-state index contributed by atoms with van der Waals surface area (Å²) in [6, 6.07) is 6.50. The van der Waals surface area contributed by atoms with E-state index < -0.39 is 0 Å². The van der Waals surface area contributed by atoms with Crippen molar-refractivity contribution in [2.24, 2.45) is 0 Å². The number of hydrogen-bond acceptors (Lipinski definition) is 3. The first kappa shape index (κ1) is 15.6. The first-order valence-corrected chi connectivity index (χ1v) is 7.91. The molecule has 124 valence electrons. The van der Waals surface area contributed by atoms with E-state index in [9.17, 15) is 14.0 Å². The summed E-state index contributed by atoms with van der Waals surface area (Å²) >= 11 is 0. The Hall–Kier alpha value is -2.31. The number of carbonyl (C=O) groups is 2. The molecule has 0 atom stereocenters. The maximum Gasteiger partial charge on any atom is 0.320 e. The van der Waals surface area contributed by atoms with Crippen LogP contribution >= 0.6 is 0 Å². The second-order valence-electron chi connectivity index (χ2n) is 5.86. The van der Waals surface area contributed by atoms with Crippen LogP contribution in [0.25, 0.3) is 0 Å². The van der Waals surface area contributed by atoms with Crippen molar-refractivity contribution in [2.75, 3.05) is 57.3 Å². The summed E-state index contributed by atoms with van der Waals surface area (Å²) in [6.45, 7) is 5.19. The van der Waals surface area contributed by atoms with Gasteiger partial charge in [-0.25, -0.2) is 9.18 Å². The second-order valence-corrected chi connectivity index (χ2v) is 5.86. The number of urea groups is 1. The van der Waals surface area contributed by atoms with Gasteiger partial charge in [0.2, 0.25) is 6.41 Å². The third-order valence-corrected chi connectivity index (χ3v) is 4.48. The zero-order valence-electron chi connectivity index (χ0n) is 13.0. The van der Waals surface area contributed by atoms with Gasteiger partial charge in [-0.3, -0.25) is 4.79 Å². The van der Waals surface area contributed by atoms with Crippen molar-refractivity contribution in [1.82, 2.24) is 14.7 Å². The van der Waals surface area contributed by atoms with Crippen molar-refractivity contribution in [1.29, 1.82) is 0 Å². The second kappa shape index (κ2) is 6.85. The fourth-order valence-corrected chi connectivity index (χ4v) is 3.03. The highest BCUT2D eigenvalue weighted by atomic mass is 19.1. The Labute approximate surface area is 135 Å². The van der Waals surface area contributed by atoms with E-state index in [0.29, 0.717) is 39.3 Å². The largest absolute Gasteiger partial charge is 0.368 e. The van der Waals surface area contributed by atoms with Crippen molar-refractivity contribution >= 4 is 18.1 Å². The number of benzene rings is 1. The Morgan fingerprint density at radius 1 is 0.870 bits per heavy atom. The number of piperazine rings is 2. The third kappa shape index (κ3) is 3.55. The summed E-state index contributed by atoms with van der Waals surface area (Å²) in [6.07, 6.45) is 0.837. The van der Waals surface area contributed by atoms with E-state index in [1.54, 1.807) is 17.0 Å². The zero-order chi connectivity index (χ0) is 16.2. The Bertz CT molecular complexity index is 550. The fourth-order valence-electron chi connectivity index (χ4n) is 3.03.